The van der Waals surface area contributed by atoms with Crippen LogP contribution in [-0.2, 0) is 16.4 Å². The summed E-state index contributed by atoms with van der Waals surface area (Å²) in [7, 11) is 0.470. The third kappa shape index (κ3) is 6.48. The second kappa shape index (κ2) is 9.89. The van der Waals surface area contributed by atoms with E-state index in [4.69, 9.17) is 0 Å². The van der Waals surface area contributed by atoms with Crippen molar-refractivity contribution in [2.24, 2.45) is 4.99 Å². The van der Waals surface area contributed by atoms with Gasteiger partial charge in [-0.25, -0.2) is 12.7 Å². The van der Waals surface area contributed by atoms with E-state index in [9.17, 15) is 8.42 Å². The molecule has 0 aliphatic heterocycles. The Labute approximate surface area is 144 Å². The number of guanidine groups is 1. The highest BCUT2D eigenvalue weighted by atomic mass is 32.2. The summed E-state index contributed by atoms with van der Waals surface area (Å²) in [6.45, 7) is 5.91. The molecule has 0 amide bonds. The van der Waals surface area contributed by atoms with Gasteiger partial charge in [0.05, 0.1) is 5.75 Å². The minimum absolute atomic E-state index is 0.0759. The molecule has 1 N–H and O–H groups in total. The van der Waals surface area contributed by atoms with Gasteiger partial charge in [0.2, 0.25) is 10.0 Å². The molecule has 0 aliphatic carbocycles. The lowest BCUT2D eigenvalue weighted by Crippen LogP contribution is -2.43. The van der Waals surface area contributed by atoms with E-state index in [1.54, 1.807) is 18.4 Å². The minimum Gasteiger partial charge on any atom is -0.355 e. The summed E-state index contributed by atoms with van der Waals surface area (Å²) in [6.07, 6.45) is 0.951. The Kier molecular flexibility index (Phi) is 8.57. The number of hydrogen-bond donors (Lipinski definition) is 1. The number of likely N-dealkylation sites (N-methyl/N-ethyl adjacent to an activating group) is 1. The minimum atomic E-state index is -3.20. The third-order valence-corrected chi connectivity index (χ3v) is 6.55. The SMILES string of the molecule is CCN(CC)S(=O)(=O)CCNC(=NC)N(C)CCc1cccs1. The molecular weight excluding hydrogens is 332 g/mol. The summed E-state index contributed by atoms with van der Waals surface area (Å²) < 4.78 is 25.8. The fourth-order valence-corrected chi connectivity index (χ4v) is 4.36. The van der Waals surface area contributed by atoms with E-state index < -0.39 is 10.0 Å². The van der Waals surface area contributed by atoms with Gasteiger partial charge in [-0.1, -0.05) is 19.9 Å². The van der Waals surface area contributed by atoms with Crippen molar-refractivity contribution in [1.82, 2.24) is 14.5 Å². The molecule has 0 aliphatic rings. The first-order chi connectivity index (χ1) is 10.9. The van der Waals surface area contributed by atoms with Crippen LogP contribution in [0.5, 0.6) is 0 Å². The van der Waals surface area contributed by atoms with Crippen molar-refractivity contribution in [1.29, 1.82) is 0 Å². The molecule has 0 bridgehead atoms. The lowest BCUT2D eigenvalue weighted by atomic mass is 10.3. The van der Waals surface area contributed by atoms with Crippen LogP contribution in [0.4, 0.5) is 0 Å². The number of aliphatic imine (C=N–C) groups is 1. The van der Waals surface area contributed by atoms with Crippen LogP contribution in [0.3, 0.4) is 0 Å². The third-order valence-electron chi connectivity index (χ3n) is 3.59. The molecule has 8 heteroatoms. The molecule has 0 spiro atoms. The molecule has 1 rings (SSSR count). The first-order valence-corrected chi connectivity index (χ1v) is 10.4. The van der Waals surface area contributed by atoms with Gasteiger partial charge in [0.1, 0.15) is 0 Å². The van der Waals surface area contributed by atoms with Crippen molar-refractivity contribution in [3.63, 3.8) is 0 Å². The Balaban J connectivity index is 2.44. The molecule has 132 valence electrons. The Morgan fingerprint density at radius 2 is 2.04 bits per heavy atom. The number of hydrogen-bond acceptors (Lipinski definition) is 4. The van der Waals surface area contributed by atoms with Crippen molar-refractivity contribution in [2.75, 3.05) is 46.0 Å². The fraction of sp³-hybridized carbons (Fsp3) is 0.667. The topological polar surface area (TPSA) is 65.0 Å². The number of nitrogens with zero attached hydrogens (tertiary/aromatic N) is 3. The fourth-order valence-electron chi connectivity index (χ4n) is 2.26. The Morgan fingerprint density at radius 1 is 1.35 bits per heavy atom. The Hall–Kier alpha value is -1.12. The average Bonchev–Trinajstić information content (AvgIpc) is 3.03. The Bertz CT molecular complexity index is 566. The van der Waals surface area contributed by atoms with Gasteiger partial charge in [0.15, 0.2) is 5.96 Å². The second-order valence-corrected chi connectivity index (χ2v) is 8.25. The van der Waals surface area contributed by atoms with Crippen LogP contribution in [0.2, 0.25) is 0 Å². The smallest absolute Gasteiger partial charge is 0.215 e. The van der Waals surface area contributed by atoms with Gasteiger partial charge in [0.25, 0.3) is 0 Å². The predicted octanol–water partition coefficient (Wildman–Crippen LogP) is 1.47. The Morgan fingerprint density at radius 3 is 2.57 bits per heavy atom. The van der Waals surface area contributed by atoms with Crippen LogP contribution < -0.4 is 5.32 Å². The molecule has 0 unspecified atom stereocenters. The summed E-state index contributed by atoms with van der Waals surface area (Å²) in [6, 6.07) is 4.16. The van der Waals surface area contributed by atoms with Gasteiger partial charge in [0, 0.05) is 45.2 Å². The average molecular weight is 361 g/mol. The summed E-state index contributed by atoms with van der Waals surface area (Å²) in [5.41, 5.74) is 0. The second-order valence-electron chi connectivity index (χ2n) is 5.13. The van der Waals surface area contributed by atoms with E-state index >= 15 is 0 Å². The van der Waals surface area contributed by atoms with Gasteiger partial charge in [-0.05, 0) is 17.9 Å². The van der Waals surface area contributed by atoms with E-state index in [0.717, 1.165) is 18.9 Å². The molecule has 0 radical (unpaired) electrons. The number of rotatable bonds is 9. The van der Waals surface area contributed by atoms with Gasteiger partial charge < -0.3 is 10.2 Å². The molecule has 1 aromatic heterocycles. The van der Waals surface area contributed by atoms with E-state index in [-0.39, 0.29) is 5.75 Å². The normalized spacial score (nSPS) is 12.7. The predicted molar refractivity (Wildman–Crippen MR) is 98.7 cm³/mol. The van der Waals surface area contributed by atoms with Crippen LogP contribution in [0.25, 0.3) is 0 Å². The molecule has 0 saturated heterocycles. The highest BCUT2D eigenvalue weighted by Gasteiger charge is 2.18. The van der Waals surface area contributed by atoms with Crippen LogP contribution in [-0.4, -0.2) is 69.6 Å². The molecule has 1 heterocycles. The first-order valence-electron chi connectivity index (χ1n) is 7.86. The maximum Gasteiger partial charge on any atom is 0.215 e. The van der Waals surface area contributed by atoms with Crippen molar-refractivity contribution >= 4 is 27.3 Å². The first kappa shape index (κ1) is 19.9. The summed E-state index contributed by atoms with van der Waals surface area (Å²) in [4.78, 5) is 7.57. The summed E-state index contributed by atoms with van der Waals surface area (Å²) >= 11 is 1.74. The van der Waals surface area contributed by atoms with Crippen molar-refractivity contribution in [2.45, 2.75) is 20.3 Å². The van der Waals surface area contributed by atoms with E-state index in [0.29, 0.717) is 19.6 Å². The van der Waals surface area contributed by atoms with Crippen molar-refractivity contribution < 1.29 is 8.42 Å². The van der Waals surface area contributed by atoms with Crippen LogP contribution in [0.1, 0.15) is 18.7 Å². The van der Waals surface area contributed by atoms with E-state index in [2.05, 4.69) is 21.8 Å². The summed E-state index contributed by atoms with van der Waals surface area (Å²) in [5.74, 6) is 0.795. The number of sulfonamides is 1. The standard InChI is InChI=1S/C15H28N4O2S2/c1-5-19(6-2)23(20,21)13-10-17-15(16-3)18(4)11-9-14-8-7-12-22-14/h7-8,12H,5-6,9-11,13H2,1-4H3,(H,16,17). The van der Waals surface area contributed by atoms with Gasteiger partial charge in [-0.2, -0.15) is 0 Å². The zero-order chi connectivity index (χ0) is 17.3. The maximum atomic E-state index is 12.1. The zero-order valence-corrected chi connectivity index (χ0v) is 16.1. The molecule has 6 nitrogen and oxygen atoms in total. The molecular formula is C15H28N4O2S2. The van der Waals surface area contributed by atoms with Gasteiger partial charge >= 0.3 is 0 Å². The van der Waals surface area contributed by atoms with Crippen LogP contribution in [0.15, 0.2) is 22.5 Å². The lowest BCUT2D eigenvalue weighted by molar-refractivity contribution is 0.444. The van der Waals surface area contributed by atoms with Crippen LogP contribution in [0, 0.1) is 0 Å². The van der Waals surface area contributed by atoms with E-state index in [1.807, 2.05) is 31.9 Å². The van der Waals surface area contributed by atoms with E-state index in [1.165, 1.54) is 9.18 Å². The van der Waals surface area contributed by atoms with Gasteiger partial charge in [-0.15, -0.1) is 11.3 Å². The monoisotopic (exact) mass is 360 g/mol. The highest BCUT2D eigenvalue weighted by Crippen LogP contribution is 2.09. The molecule has 0 aromatic carbocycles. The van der Waals surface area contributed by atoms with Crippen molar-refractivity contribution in [3.05, 3.63) is 22.4 Å². The number of nitrogens with one attached hydrogen (secondary N) is 1. The van der Waals surface area contributed by atoms with Crippen LogP contribution >= 0.6 is 11.3 Å². The molecule has 23 heavy (non-hydrogen) atoms. The number of thiophene rings is 1. The molecule has 0 atom stereocenters. The molecule has 0 saturated carbocycles. The highest BCUT2D eigenvalue weighted by molar-refractivity contribution is 7.89. The van der Waals surface area contributed by atoms with Gasteiger partial charge in [-0.3, -0.25) is 4.99 Å². The maximum absolute atomic E-state index is 12.1. The summed E-state index contributed by atoms with van der Waals surface area (Å²) in [5, 5.41) is 5.20. The quantitative estimate of drug-likeness (QED) is 0.535. The van der Waals surface area contributed by atoms with Crippen molar-refractivity contribution in [3.8, 4) is 0 Å². The molecule has 1 aromatic rings. The molecule has 0 fully saturated rings. The lowest BCUT2D eigenvalue weighted by Gasteiger charge is -2.23. The zero-order valence-electron chi connectivity index (χ0n) is 14.4. The largest absolute Gasteiger partial charge is 0.355 e.